The van der Waals surface area contributed by atoms with Gasteiger partial charge >= 0.3 is 0 Å². The molecule has 7 heteroatoms. The molecule has 0 radical (unpaired) electrons. The van der Waals surface area contributed by atoms with Gasteiger partial charge in [0.2, 0.25) is 5.91 Å². The van der Waals surface area contributed by atoms with Gasteiger partial charge in [0.05, 0.1) is 5.41 Å². The number of fused-ring (bicyclic) bond motifs is 1. The second-order valence-electron chi connectivity index (χ2n) is 8.59. The average molecular weight is 425 g/mol. The lowest BCUT2D eigenvalue weighted by molar-refractivity contribution is -0.123. The van der Waals surface area contributed by atoms with Crippen molar-refractivity contribution in [1.82, 2.24) is 20.5 Å². The van der Waals surface area contributed by atoms with Gasteiger partial charge in [-0.3, -0.25) is 9.69 Å². The van der Waals surface area contributed by atoms with Crippen LogP contribution in [0.1, 0.15) is 36.8 Å². The summed E-state index contributed by atoms with van der Waals surface area (Å²) in [6, 6.07) is 13.7. The Morgan fingerprint density at radius 2 is 2.03 bits per heavy atom. The van der Waals surface area contributed by atoms with E-state index in [1.165, 1.54) is 0 Å². The Balaban J connectivity index is 1.18. The van der Waals surface area contributed by atoms with Crippen LogP contribution in [0.3, 0.4) is 0 Å². The smallest absolute Gasteiger partial charge is 0.230 e. The van der Waals surface area contributed by atoms with E-state index in [4.69, 9.17) is 16.2 Å². The maximum absolute atomic E-state index is 13.0. The number of rotatable bonds is 6. The number of likely N-dealkylation sites (tertiary alicyclic amines) is 1. The molecule has 1 aliphatic heterocycles. The normalized spacial score (nSPS) is 20.9. The average Bonchev–Trinajstić information content (AvgIpc) is 3.43. The third-order valence-corrected chi connectivity index (χ3v) is 6.75. The number of benzene rings is 2. The highest BCUT2D eigenvalue weighted by Gasteiger charge is 2.51. The summed E-state index contributed by atoms with van der Waals surface area (Å²) >= 11 is 6.00. The third kappa shape index (κ3) is 3.82. The van der Waals surface area contributed by atoms with Gasteiger partial charge in [-0.15, -0.1) is 0 Å². The fraction of sp³-hybridized carbons (Fsp3) is 0.435. The van der Waals surface area contributed by atoms with Crippen LogP contribution in [0.2, 0.25) is 5.02 Å². The maximum atomic E-state index is 13.0. The minimum absolute atomic E-state index is 0.153. The van der Waals surface area contributed by atoms with Gasteiger partial charge in [-0.25, -0.2) is 4.63 Å². The molecule has 30 heavy (non-hydrogen) atoms. The van der Waals surface area contributed by atoms with E-state index in [9.17, 15) is 4.79 Å². The SMILES string of the molecule is O=C(NCC1CCCN(Cc2cccc3nonc23)C1)C1(c2ccc(Cl)cc2)CC1. The molecule has 1 saturated heterocycles. The predicted octanol–water partition coefficient (Wildman–Crippen LogP) is 3.94. The lowest BCUT2D eigenvalue weighted by Gasteiger charge is -2.33. The maximum Gasteiger partial charge on any atom is 0.230 e. The predicted molar refractivity (Wildman–Crippen MR) is 115 cm³/mol. The summed E-state index contributed by atoms with van der Waals surface area (Å²) in [5, 5.41) is 11.9. The Hall–Kier alpha value is -2.44. The first kappa shape index (κ1) is 19.5. The van der Waals surface area contributed by atoms with E-state index in [-0.39, 0.29) is 11.3 Å². The van der Waals surface area contributed by atoms with Gasteiger partial charge in [-0.2, -0.15) is 0 Å². The van der Waals surface area contributed by atoms with Gasteiger partial charge < -0.3 is 5.32 Å². The molecule has 3 aromatic rings. The molecule has 1 saturated carbocycles. The van der Waals surface area contributed by atoms with Gasteiger partial charge in [-0.1, -0.05) is 35.9 Å². The molecule has 5 rings (SSSR count). The van der Waals surface area contributed by atoms with E-state index >= 15 is 0 Å². The summed E-state index contributed by atoms with van der Waals surface area (Å²) in [5.74, 6) is 0.610. The number of hydrogen-bond acceptors (Lipinski definition) is 5. The number of halogens is 1. The Bertz CT molecular complexity index is 1040. The van der Waals surface area contributed by atoms with Crippen molar-refractivity contribution in [3.8, 4) is 0 Å². The highest BCUT2D eigenvalue weighted by Crippen LogP contribution is 2.48. The molecule has 1 aromatic heterocycles. The lowest BCUT2D eigenvalue weighted by Crippen LogP contribution is -2.43. The number of carbonyl (C=O) groups excluding carboxylic acids is 1. The summed E-state index contributed by atoms with van der Waals surface area (Å²) in [7, 11) is 0. The number of piperidine rings is 1. The molecule has 1 amide bonds. The third-order valence-electron chi connectivity index (χ3n) is 6.50. The quantitative estimate of drug-likeness (QED) is 0.649. The molecule has 2 aromatic carbocycles. The van der Waals surface area contributed by atoms with Gasteiger partial charge in [0.15, 0.2) is 0 Å². The molecule has 156 valence electrons. The Morgan fingerprint density at radius 3 is 2.83 bits per heavy atom. The van der Waals surface area contributed by atoms with Crippen LogP contribution in [0.25, 0.3) is 11.0 Å². The first-order valence-corrected chi connectivity index (χ1v) is 11.0. The molecule has 6 nitrogen and oxygen atoms in total. The Kier molecular flexibility index (Phi) is 5.21. The zero-order chi connectivity index (χ0) is 20.6. The topological polar surface area (TPSA) is 71.3 Å². The molecule has 2 heterocycles. The summed E-state index contributed by atoms with van der Waals surface area (Å²) < 4.78 is 4.89. The number of nitrogens with one attached hydrogen (secondary N) is 1. The first-order valence-electron chi connectivity index (χ1n) is 10.6. The fourth-order valence-electron chi connectivity index (χ4n) is 4.64. The van der Waals surface area contributed by atoms with E-state index in [1.54, 1.807) is 0 Å². The van der Waals surface area contributed by atoms with E-state index in [0.717, 1.165) is 74.0 Å². The minimum atomic E-state index is -0.353. The fourth-order valence-corrected chi connectivity index (χ4v) is 4.77. The van der Waals surface area contributed by atoms with E-state index in [1.807, 2.05) is 36.4 Å². The van der Waals surface area contributed by atoms with E-state index in [2.05, 4.69) is 26.6 Å². The molecule has 0 bridgehead atoms. The highest BCUT2D eigenvalue weighted by atomic mass is 35.5. The number of carbonyl (C=O) groups is 1. The number of hydrogen-bond donors (Lipinski definition) is 1. The molecular formula is C23H25ClN4O2. The van der Waals surface area contributed by atoms with E-state index in [0.29, 0.717) is 10.9 Å². The molecule has 1 atom stereocenters. The van der Waals surface area contributed by atoms with Gasteiger partial charge in [0.25, 0.3) is 0 Å². The monoisotopic (exact) mass is 424 g/mol. The molecule has 2 aliphatic rings. The molecule has 0 spiro atoms. The van der Waals surface area contributed by atoms with Gasteiger partial charge in [-0.05, 0) is 77.8 Å². The number of amides is 1. The molecule has 1 unspecified atom stereocenters. The first-order chi connectivity index (χ1) is 14.6. The van der Waals surface area contributed by atoms with Crippen LogP contribution in [-0.4, -0.2) is 40.8 Å². The summed E-state index contributed by atoms with van der Waals surface area (Å²) in [6.07, 6.45) is 4.09. The molecule has 1 aliphatic carbocycles. The molecular weight excluding hydrogens is 400 g/mol. The second-order valence-corrected chi connectivity index (χ2v) is 9.03. The van der Waals surface area contributed by atoms with Crippen molar-refractivity contribution < 1.29 is 9.42 Å². The standard InChI is InChI=1S/C23H25ClN4O2/c24-19-8-6-18(7-9-19)23(10-11-23)22(29)25-13-16-3-2-12-28(14-16)15-17-4-1-5-20-21(17)27-30-26-20/h1,4-9,16H,2-3,10-15H2,(H,25,29). The number of aromatic nitrogens is 2. The number of nitrogens with zero attached hydrogens (tertiary/aromatic N) is 3. The Labute approximate surface area is 180 Å². The minimum Gasteiger partial charge on any atom is -0.355 e. The van der Waals surface area contributed by atoms with Crippen molar-refractivity contribution in [2.75, 3.05) is 19.6 Å². The summed E-state index contributed by atoms with van der Waals surface area (Å²) in [6.45, 7) is 3.57. The van der Waals surface area contributed by atoms with Crippen molar-refractivity contribution in [2.24, 2.45) is 5.92 Å². The van der Waals surface area contributed by atoms with Gasteiger partial charge in [0, 0.05) is 24.7 Å². The zero-order valence-electron chi connectivity index (χ0n) is 16.8. The van der Waals surface area contributed by atoms with Crippen LogP contribution in [0.15, 0.2) is 47.1 Å². The van der Waals surface area contributed by atoms with Crippen LogP contribution in [0, 0.1) is 5.92 Å². The van der Waals surface area contributed by atoms with Crippen LogP contribution in [-0.2, 0) is 16.8 Å². The largest absolute Gasteiger partial charge is 0.355 e. The molecule has 1 N–H and O–H groups in total. The van der Waals surface area contributed by atoms with Crippen molar-refractivity contribution in [2.45, 2.75) is 37.6 Å². The van der Waals surface area contributed by atoms with Crippen LogP contribution in [0.4, 0.5) is 0 Å². The van der Waals surface area contributed by atoms with Crippen LogP contribution < -0.4 is 5.32 Å². The van der Waals surface area contributed by atoms with Crippen LogP contribution >= 0.6 is 11.6 Å². The van der Waals surface area contributed by atoms with Crippen molar-refractivity contribution in [1.29, 1.82) is 0 Å². The lowest BCUT2D eigenvalue weighted by atomic mass is 9.93. The highest BCUT2D eigenvalue weighted by molar-refractivity contribution is 6.30. The zero-order valence-corrected chi connectivity index (χ0v) is 17.6. The Morgan fingerprint density at radius 1 is 1.20 bits per heavy atom. The van der Waals surface area contributed by atoms with Crippen LogP contribution in [0.5, 0.6) is 0 Å². The second kappa shape index (κ2) is 8.00. The van der Waals surface area contributed by atoms with Crippen molar-refractivity contribution in [3.05, 3.63) is 58.6 Å². The summed E-state index contributed by atoms with van der Waals surface area (Å²) in [5.41, 5.74) is 3.49. The van der Waals surface area contributed by atoms with E-state index < -0.39 is 0 Å². The molecule has 2 fully saturated rings. The van der Waals surface area contributed by atoms with Crippen molar-refractivity contribution >= 4 is 28.5 Å². The van der Waals surface area contributed by atoms with Gasteiger partial charge in [0.1, 0.15) is 11.0 Å². The van der Waals surface area contributed by atoms with Crippen molar-refractivity contribution in [3.63, 3.8) is 0 Å². The summed E-state index contributed by atoms with van der Waals surface area (Å²) in [4.78, 5) is 15.4.